The van der Waals surface area contributed by atoms with Crippen LogP contribution in [0.5, 0.6) is 0 Å². The molecule has 1 N–H and O–H groups in total. The Bertz CT molecular complexity index is 589. The quantitative estimate of drug-likeness (QED) is 0.925. The van der Waals surface area contributed by atoms with Crippen molar-refractivity contribution in [1.29, 1.82) is 0 Å². The minimum atomic E-state index is 0.537. The molecular formula is C15H20N6. The largest absolute Gasteiger partial charge is 0.353 e. The monoisotopic (exact) mass is 284 g/mol. The lowest BCUT2D eigenvalue weighted by Crippen LogP contribution is -2.44. The van der Waals surface area contributed by atoms with Crippen molar-refractivity contribution >= 4 is 17.5 Å². The van der Waals surface area contributed by atoms with E-state index in [-0.39, 0.29) is 0 Å². The molecule has 6 nitrogen and oxygen atoms in total. The van der Waals surface area contributed by atoms with Crippen molar-refractivity contribution in [1.82, 2.24) is 20.1 Å². The molecule has 0 aliphatic carbocycles. The minimum absolute atomic E-state index is 0.537. The standard InChI is InChI=1S/C15H20N6/c1-12-3-5-13(6-4-12)17-15-18-14(11-16-19-15)21-9-7-20(2)8-10-21/h3-6,11H,7-10H2,1-2H3,(H,17,18,19). The average molecular weight is 284 g/mol. The van der Waals surface area contributed by atoms with Crippen molar-refractivity contribution in [2.24, 2.45) is 0 Å². The van der Waals surface area contributed by atoms with E-state index in [1.807, 2.05) is 12.1 Å². The summed E-state index contributed by atoms with van der Waals surface area (Å²) in [7, 11) is 2.14. The van der Waals surface area contributed by atoms with E-state index >= 15 is 0 Å². The maximum absolute atomic E-state index is 4.56. The molecule has 0 saturated carbocycles. The van der Waals surface area contributed by atoms with Gasteiger partial charge in [-0.2, -0.15) is 10.1 Å². The van der Waals surface area contributed by atoms with E-state index in [4.69, 9.17) is 0 Å². The molecule has 21 heavy (non-hydrogen) atoms. The van der Waals surface area contributed by atoms with E-state index in [0.717, 1.165) is 37.7 Å². The fraction of sp³-hybridized carbons (Fsp3) is 0.400. The molecule has 1 aliphatic rings. The predicted molar refractivity (Wildman–Crippen MR) is 84.0 cm³/mol. The smallest absolute Gasteiger partial charge is 0.249 e. The lowest BCUT2D eigenvalue weighted by molar-refractivity contribution is 0.312. The van der Waals surface area contributed by atoms with Gasteiger partial charge in [-0.1, -0.05) is 17.7 Å². The summed E-state index contributed by atoms with van der Waals surface area (Å²) in [5, 5.41) is 11.3. The van der Waals surface area contributed by atoms with Crippen LogP contribution in [0, 0.1) is 6.92 Å². The van der Waals surface area contributed by atoms with Crippen LogP contribution in [0.3, 0.4) is 0 Å². The zero-order valence-electron chi connectivity index (χ0n) is 12.5. The molecule has 1 aliphatic heterocycles. The third-order valence-corrected chi connectivity index (χ3v) is 3.68. The van der Waals surface area contributed by atoms with Crippen LogP contribution in [-0.4, -0.2) is 53.3 Å². The molecule has 0 atom stereocenters. The molecule has 0 spiro atoms. The number of aromatic nitrogens is 3. The van der Waals surface area contributed by atoms with Gasteiger partial charge in [-0.25, -0.2) is 0 Å². The fourth-order valence-corrected chi connectivity index (χ4v) is 2.30. The molecule has 0 bridgehead atoms. The van der Waals surface area contributed by atoms with Crippen molar-refractivity contribution in [3.05, 3.63) is 36.0 Å². The number of rotatable bonds is 3. The highest BCUT2D eigenvalue weighted by Crippen LogP contribution is 2.16. The van der Waals surface area contributed by atoms with Gasteiger partial charge in [0.1, 0.15) is 0 Å². The van der Waals surface area contributed by atoms with Gasteiger partial charge in [0, 0.05) is 31.9 Å². The number of benzene rings is 1. The Morgan fingerprint density at radius 2 is 1.76 bits per heavy atom. The van der Waals surface area contributed by atoms with E-state index in [9.17, 15) is 0 Å². The number of nitrogens with zero attached hydrogens (tertiary/aromatic N) is 5. The SMILES string of the molecule is Cc1ccc(Nc2nncc(N3CCN(C)CC3)n2)cc1. The highest BCUT2D eigenvalue weighted by Gasteiger charge is 2.16. The summed E-state index contributed by atoms with van der Waals surface area (Å²) in [6.07, 6.45) is 1.73. The van der Waals surface area contributed by atoms with Crippen molar-refractivity contribution in [2.75, 3.05) is 43.4 Å². The van der Waals surface area contributed by atoms with Gasteiger partial charge < -0.3 is 15.1 Å². The molecular weight excluding hydrogens is 264 g/mol. The van der Waals surface area contributed by atoms with E-state index in [1.165, 1.54) is 5.56 Å². The van der Waals surface area contributed by atoms with Gasteiger partial charge in [-0.15, -0.1) is 5.10 Å². The predicted octanol–water partition coefficient (Wildman–Crippen LogP) is 1.68. The van der Waals surface area contributed by atoms with Crippen LogP contribution < -0.4 is 10.2 Å². The molecule has 2 aromatic rings. The molecule has 110 valence electrons. The topological polar surface area (TPSA) is 57.2 Å². The van der Waals surface area contributed by atoms with Gasteiger partial charge in [0.25, 0.3) is 0 Å². The number of hydrogen-bond donors (Lipinski definition) is 1. The number of nitrogens with one attached hydrogen (secondary N) is 1. The maximum Gasteiger partial charge on any atom is 0.249 e. The second kappa shape index (κ2) is 6.05. The minimum Gasteiger partial charge on any atom is -0.353 e. The zero-order chi connectivity index (χ0) is 14.7. The Hall–Kier alpha value is -2.21. The van der Waals surface area contributed by atoms with Crippen molar-refractivity contribution in [3.8, 4) is 0 Å². The molecule has 1 saturated heterocycles. The van der Waals surface area contributed by atoms with Crippen LogP contribution >= 0.6 is 0 Å². The van der Waals surface area contributed by atoms with Crippen molar-refractivity contribution in [2.45, 2.75) is 6.92 Å². The molecule has 1 aromatic carbocycles. The molecule has 0 unspecified atom stereocenters. The van der Waals surface area contributed by atoms with Gasteiger partial charge >= 0.3 is 0 Å². The van der Waals surface area contributed by atoms with Gasteiger partial charge in [0.2, 0.25) is 5.95 Å². The summed E-state index contributed by atoms with van der Waals surface area (Å²) in [5.41, 5.74) is 2.20. The van der Waals surface area contributed by atoms with Crippen molar-refractivity contribution in [3.63, 3.8) is 0 Å². The summed E-state index contributed by atoms with van der Waals surface area (Å²) >= 11 is 0. The second-order valence-corrected chi connectivity index (χ2v) is 5.42. The average Bonchev–Trinajstić information content (AvgIpc) is 2.51. The molecule has 6 heteroatoms. The number of anilines is 3. The summed E-state index contributed by atoms with van der Waals surface area (Å²) in [6.45, 7) is 6.10. The van der Waals surface area contributed by atoms with Crippen LogP contribution in [0.1, 0.15) is 5.56 Å². The third kappa shape index (κ3) is 3.46. The first-order valence-corrected chi connectivity index (χ1v) is 7.17. The van der Waals surface area contributed by atoms with Crippen LogP contribution in [-0.2, 0) is 0 Å². The zero-order valence-corrected chi connectivity index (χ0v) is 12.5. The molecule has 1 aromatic heterocycles. The van der Waals surface area contributed by atoms with Gasteiger partial charge in [0.15, 0.2) is 5.82 Å². The number of aryl methyl sites for hydroxylation is 1. The van der Waals surface area contributed by atoms with E-state index in [2.05, 4.69) is 56.4 Å². The van der Waals surface area contributed by atoms with Crippen LogP contribution in [0.2, 0.25) is 0 Å². The number of hydrogen-bond acceptors (Lipinski definition) is 6. The Morgan fingerprint density at radius 3 is 2.48 bits per heavy atom. The molecule has 0 amide bonds. The van der Waals surface area contributed by atoms with Gasteiger partial charge in [-0.3, -0.25) is 0 Å². The summed E-state index contributed by atoms with van der Waals surface area (Å²) in [4.78, 5) is 9.12. The first-order chi connectivity index (χ1) is 10.2. The highest BCUT2D eigenvalue weighted by atomic mass is 15.3. The van der Waals surface area contributed by atoms with Gasteiger partial charge in [0.05, 0.1) is 6.20 Å². The normalized spacial score (nSPS) is 16.0. The third-order valence-electron chi connectivity index (χ3n) is 3.68. The lowest BCUT2D eigenvalue weighted by atomic mass is 10.2. The summed E-state index contributed by atoms with van der Waals surface area (Å²) in [6, 6.07) is 8.14. The first kappa shape index (κ1) is 13.8. The van der Waals surface area contributed by atoms with Crippen LogP contribution in [0.15, 0.2) is 30.5 Å². The van der Waals surface area contributed by atoms with Crippen LogP contribution in [0.4, 0.5) is 17.5 Å². The van der Waals surface area contributed by atoms with E-state index in [0.29, 0.717) is 5.95 Å². The van der Waals surface area contributed by atoms with Gasteiger partial charge in [-0.05, 0) is 26.1 Å². The molecule has 2 heterocycles. The summed E-state index contributed by atoms with van der Waals surface area (Å²) in [5.74, 6) is 1.42. The van der Waals surface area contributed by atoms with E-state index < -0.39 is 0 Å². The number of piperazine rings is 1. The van der Waals surface area contributed by atoms with Crippen LogP contribution in [0.25, 0.3) is 0 Å². The Morgan fingerprint density at radius 1 is 1.05 bits per heavy atom. The first-order valence-electron chi connectivity index (χ1n) is 7.17. The number of likely N-dealkylation sites (N-methyl/N-ethyl adjacent to an activating group) is 1. The summed E-state index contributed by atoms with van der Waals surface area (Å²) < 4.78 is 0. The Labute approximate surface area is 124 Å². The fourth-order valence-electron chi connectivity index (χ4n) is 2.30. The maximum atomic E-state index is 4.56. The lowest BCUT2D eigenvalue weighted by Gasteiger charge is -2.32. The Balaban J connectivity index is 1.72. The van der Waals surface area contributed by atoms with E-state index in [1.54, 1.807) is 6.20 Å². The second-order valence-electron chi connectivity index (χ2n) is 5.42. The highest BCUT2D eigenvalue weighted by molar-refractivity contribution is 5.54. The Kier molecular flexibility index (Phi) is 3.96. The molecule has 1 fully saturated rings. The molecule has 0 radical (unpaired) electrons. The molecule has 3 rings (SSSR count). The van der Waals surface area contributed by atoms with Crippen molar-refractivity contribution < 1.29 is 0 Å².